The summed E-state index contributed by atoms with van der Waals surface area (Å²) < 4.78 is 7.39. The van der Waals surface area contributed by atoms with Crippen molar-refractivity contribution in [3.63, 3.8) is 0 Å². The smallest absolute Gasteiger partial charge is 0.488 e. The Balaban J connectivity index is 1.91. The lowest BCUT2D eigenvalue weighted by molar-refractivity contribution is 0.289. The molecule has 0 aliphatic heterocycles. The molecule has 7 heteroatoms. The predicted octanol–water partition coefficient (Wildman–Crippen LogP) is 0.912. The third-order valence-electron chi connectivity index (χ3n) is 3.04. The number of nitrogens with zero attached hydrogens (tertiary/aromatic N) is 2. The van der Waals surface area contributed by atoms with Crippen molar-refractivity contribution < 1.29 is 14.8 Å². The van der Waals surface area contributed by atoms with Gasteiger partial charge in [0.05, 0.1) is 23.0 Å². The minimum atomic E-state index is -1.46. The van der Waals surface area contributed by atoms with Crippen LogP contribution in [0, 0.1) is 13.8 Å². The number of halogens is 1. The molecule has 20 heavy (non-hydrogen) atoms. The van der Waals surface area contributed by atoms with Crippen molar-refractivity contribution in [3.05, 3.63) is 40.7 Å². The second-order valence-corrected chi connectivity index (χ2v) is 4.88. The van der Waals surface area contributed by atoms with Crippen LogP contribution in [0.3, 0.4) is 0 Å². The Morgan fingerprint density at radius 3 is 2.40 bits per heavy atom. The lowest BCUT2D eigenvalue weighted by Crippen LogP contribution is -2.29. The number of ether oxygens (including phenoxy) is 1. The standard InChI is InChI=1S/C13H16BClN2O3/c1-9-13(15)10(2)17(16-9)7-8-20-12-5-3-11(4-6-12)14(18)19/h3-6,18-19H,7-8H2,1-2H3. The molecule has 2 N–H and O–H groups in total. The van der Waals surface area contributed by atoms with Gasteiger partial charge in [-0.05, 0) is 31.4 Å². The maximum absolute atomic E-state index is 8.99. The zero-order chi connectivity index (χ0) is 14.7. The second-order valence-electron chi connectivity index (χ2n) is 4.50. The fraction of sp³-hybridized carbons (Fsp3) is 0.308. The van der Waals surface area contributed by atoms with Gasteiger partial charge in [0.1, 0.15) is 12.4 Å². The molecule has 0 radical (unpaired) electrons. The molecule has 0 spiro atoms. The van der Waals surface area contributed by atoms with E-state index in [0.717, 1.165) is 11.4 Å². The first kappa shape index (κ1) is 14.9. The molecule has 2 aromatic rings. The van der Waals surface area contributed by atoms with Crippen molar-refractivity contribution in [1.29, 1.82) is 0 Å². The highest BCUT2D eigenvalue weighted by molar-refractivity contribution is 6.58. The number of rotatable bonds is 5. The maximum atomic E-state index is 8.99. The van der Waals surface area contributed by atoms with Gasteiger partial charge in [0.25, 0.3) is 0 Å². The van der Waals surface area contributed by atoms with Gasteiger partial charge in [0.15, 0.2) is 0 Å². The molecule has 0 unspecified atom stereocenters. The van der Waals surface area contributed by atoms with E-state index in [1.807, 2.05) is 18.5 Å². The first-order chi connectivity index (χ1) is 9.49. The molecule has 0 atom stereocenters. The molecule has 1 heterocycles. The molecule has 5 nitrogen and oxygen atoms in total. The molecule has 1 aromatic carbocycles. The van der Waals surface area contributed by atoms with Crippen LogP contribution in [0.4, 0.5) is 0 Å². The van der Waals surface area contributed by atoms with Crippen LogP contribution in [0.25, 0.3) is 0 Å². The Kier molecular flexibility index (Phi) is 4.70. The Bertz CT molecular complexity index is 584. The molecule has 1 aromatic heterocycles. The van der Waals surface area contributed by atoms with E-state index in [4.69, 9.17) is 26.4 Å². The zero-order valence-corrected chi connectivity index (χ0v) is 12.1. The summed E-state index contributed by atoms with van der Waals surface area (Å²) in [6, 6.07) is 6.62. The highest BCUT2D eigenvalue weighted by atomic mass is 35.5. The average molecular weight is 295 g/mol. The minimum Gasteiger partial charge on any atom is -0.492 e. The summed E-state index contributed by atoms with van der Waals surface area (Å²) >= 11 is 6.07. The van der Waals surface area contributed by atoms with E-state index >= 15 is 0 Å². The van der Waals surface area contributed by atoms with Gasteiger partial charge in [0, 0.05) is 0 Å². The molecule has 0 saturated heterocycles. The van der Waals surface area contributed by atoms with Crippen molar-refractivity contribution in [2.45, 2.75) is 20.4 Å². The number of hydrogen-bond donors (Lipinski definition) is 2. The van der Waals surface area contributed by atoms with Crippen LogP contribution in [-0.4, -0.2) is 33.6 Å². The molecule has 0 aliphatic rings. The van der Waals surface area contributed by atoms with Crippen LogP contribution in [0.5, 0.6) is 5.75 Å². The van der Waals surface area contributed by atoms with Gasteiger partial charge in [-0.2, -0.15) is 5.10 Å². The summed E-state index contributed by atoms with van der Waals surface area (Å²) in [5.41, 5.74) is 2.17. The average Bonchev–Trinajstić information content (AvgIpc) is 2.67. The van der Waals surface area contributed by atoms with Crippen LogP contribution in [-0.2, 0) is 6.54 Å². The molecule has 0 saturated carbocycles. The van der Waals surface area contributed by atoms with Crippen molar-refractivity contribution in [3.8, 4) is 5.75 Å². The van der Waals surface area contributed by atoms with E-state index in [0.29, 0.717) is 29.4 Å². The van der Waals surface area contributed by atoms with Crippen molar-refractivity contribution in [2.75, 3.05) is 6.61 Å². The van der Waals surface area contributed by atoms with Crippen LogP contribution in [0.2, 0.25) is 5.02 Å². The minimum absolute atomic E-state index is 0.433. The summed E-state index contributed by atoms with van der Waals surface area (Å²) in [6.07, 6.45) is 0. The van der Waals surface area contributed by atoms with Gasteiger partial charge in [-0.3, -0.25) is 4.68 Å². The van der Waals surface area contributed by atoms with E-state index in [2.05, 4.69) is 5.10 Å². The SMILES string of the molecule is Cc1nn(CCOc2ccc(B(O)O)cc2)c(C)c1Cl. The Hall–Kier alpha value is -1.50. The fourth-order valence-electron chi connectivity index (χ4n) is 1.88. The molecule has 2 rings (SSSR count). The first-order valence-corrected chi connectivity index (χ1v) is 6.65. The Morgan fingerprint density at radius 1 is 1.25 bits per heavy atom. The molecule has 0 fully saturated rings. The van der Waals surface area contributed by atoms with Crippen LogP contribution in [0.15, 0.2) is 24.3 Å². The normalized spacial score (nSPS) is 10.7. The van der Waals surface area contributed by atoms with Gasteiger partial charge in [-0.25, -0.2) is 0 Å². The Morgan fingerprint density at radius 2 is 1.90 bits per heavy atom. The number of hydrogen-bond acceptors (Lipinski definition) is 4. The topological polar surface area (TPSA) is 67.5 Å². The molecule has 0 amide bonds. The predicted molar refractivity (Wildman–Crippen MR) is 78.5 cm³/mol. The third-order valence-corrected chi connectivity index (χ3v) is 3.59. The highest BCUT2D eigenvalue weighted by Crippen LogP contribution is 2.18. The molecule has 0 aliphatic carbocycles. The summed E-state index contributed by atoms with van der Waals surface area (Å²) in [4.78, 5) is 0. The maximum Gasteiger partial charge on any atom is 0.488 e. The number of aryl methyl sites for hydroxylation is 1. The molecule has 0 bridgehead atoms. The summed E-state index contributed by atoms with van der Waals surface area (Å²) in [6.45, 7) is 4.84. The van der Waals surface area contributed by atoms with Crippen molar-refractivity contribution >= 4 is 24.2 Å². The van der Waals surface area contributed by atoms with E-state index in [1.54, 1.807) is 24.3 Å². The summed E-state index contributed by atoms with van der Waals surface area (Å²) in [7, 11) is -1.46. The lowest BCUT2D eigenvalue weighted by Gasteiger charge is -2.08. The van der Waals surface area contributed by atoms with Gasteiger partial charge >= 0.3 is 7.12 Å². The molecular formula is C13H16BClN2O3. The third kappa shape index (κ3) is 3.33. The van der Waals surface area contributed by atoms with E-state index < -0.39 is 7.12 Å². The highest BCUT2D eigenvalue weighted by Gasteiger charge is 2.10. The monoisotopic (exact) mass is 294 g/mol. The summed E-state index contributed by atoms with van der Waals surface area (Å²) in [5.74, 6) is 0.669. The van der Waals surface area contributed by atoms with Crippen LogP contribution < -0.4 is 10.2 Å². The first-order valence-electron chi connectivity index (χ1n) is 6.27. The van der Waals surface area contributed by atoms with Gasteiger partial charge < -0.3 is 14.8 Å². The van der Waals surface area contributed by atoms with Crippen LogP contribution >= 0.6 is 11.6 Å². The van der Waals surface area contributed by atoms with Crippen molar-refractivity contribution in [1.82, 2.24) is 9.78 Å². The quantitative estimate of drug-likeness (QED) is 0.805. The van der Waals surface area contributed by atoms with E-state index in [-0.39, 0.29) is 0 Å². The van der Waals surface area contributed by atoms with E-state index in [9.17, 15) is 0 Å². The van der Waals surface area contributed by atoms with E-state index in [1.165, 1.54) is 0 Å². The number of aromatic nitrogens is 2. The lowest BCUT2D eigenvalue weighted by atomic mass is 9.80. The van der Waals surface area contributed by atoms with Crippen LogP contribution in [0.1, 0.15) is 11.4 Å². The van der Waals surface area contributed by atoms with Gasteiger partial charge in [0.2, 0.25) is 0 Å². The zero-order valence-electron chi connectivity index (χ0n) is 11.4. The number of benzene rings is 1. The fourth-order valence-corrected chi connectivity index (χ4v) is 2.01. The van der Waals surface area contributed by atoms with Crippen molar-refractivity contribution in [2.24, 2.45) is 0 Å². The summed E-state index contributed by atoms with van der Waals surface area (Å²) in [5, 5.41) is 23.0. The Labute approximate surface area is 122 Å². The molecular weight excluding hydrogens is 278 g/mol. The second kappa shape index (κ2) is 6.30. The largest absolute Gasteiger partial charge is 0.492 e. The molecule has 106 valence electrons. The van der Waals surface area contributed by atoms with Gasteiger partial charge in [-0.1, -0.05) is 23.7 Å². The van der Waals surface area contributed by atoms with Gasteiger partial charge in [-0.15, -0.1) is 0 Å².